The molecule has 1 aromatic heterocycles. The van der Waals surface area contributed by atoms with E-state index in [2.05, 4.69) is 36.3 Å². The normalized spacial score (nSPS) is 17.9. The van der Waals surface area contributed by atoms with Gasteiger partial charge in [0, 0.05) is 39.3 Å². The van der Waals surface area contributed by atoms with Gasteiger partial charge in [-0.05, 0) is 44.0 Å². The predicted octanol–water partition coefficient (Wildman–Crippen LogP) is 1.37. The molecule has 1 aliphatic heterocycles. The van der Waals surface area contributed by atoms with Gasteiger partial charge in [-0.15, -0.1) is 0 Å². The lowest BCUT2D eigenvalue weighted by molar-refractivity contribution is -0.0383. The van der Waals surface area contributed by atoms with E-state index < -0.39 is 0 Å². The Hall–Kier alpha value is -1.25. The Morgan fingerprint density at radius 1 is 1.29 bits per heavy atom. The van der Waals surface area contributed by atoms with Gasteiger partial charge in [0.15, 0.2) is 0 Å². The predicted molar refractivity (Wildman–Crippen MR) is 91.2 cm³/mol. The number of nitrogens with zero attached hydrogens (tertiary/aromatic N) is 5. The summed E-state index contributed by atoms with van der Waals surface area (Å²) in [6, 6.07) is 0. The van der Waals surface area contributed by atoms with Gasteiger partial charge in [0.2, 0.25) is 5.95 Å². The van der Waals surface area contributed by atoms with Crippen LogP contribution in [0, 0.1) is 5.41 Å². The van der Waals surface area contributed by atoms with Crippen LogP contribution in [0.4, 0.5) is 5.95 Å². The van der Waals surface area contributed by atoms with Crippen LogP contribution in [-0.2, 0) is 20.8 Å². The molecule has 0 aromatic carbocycles. The second-order valence-electron chi connectivity index (χ2n) is 7.56. The average Bonchev–Trinajstić information content (AvgIpc) is 2.95. The Kier molecular flexibility index (Phi) is 6.54. The number of likely N-dealkylation sites (N-methyl/N-ethyl adjacent to an activating group) is 1. The van der Waals surface area contributed by atoms with Crippen molar-refractivity contribution in [3.63, 3.8) is 0 Å². The van der Waals surface area contributed by atoms with E-state index in [4.69, 9.17) is 14.2 Å². The summed E-state index contributed by atoms with van der Waals surface area (Å²) in [6.07, 6.45) is 1.91. The number of methoxy groups -OCH3 is 1. The van der Waals surface area contributed by atoms with E-state index in [1.807, 2.05) is 16.6 Å². The Morgan fingerprint density at radius 3 is 2.62 bits per heavy atom. The molecule has 8 heteroatoms. The molecule has 0 N–H and O–H groups in total. The molecule has 1 aliphatic rings. The zero-order chi connectivity index (χ0) is 17.6. The fourth-order valence-electron chi connectivity index (χ4n) is 2.94. The monoisotopic (exact) mass is 341 g/mol. The van der Waals surface area contributed by atoms with Crippen molar-refractivity contribution in [3.05, 3.63) is 0 Å². The molecule has 0 bridgehead atoms. The molecule has 0 saturated carbocycles. The molecule has 138 valence electrons. The van der Waals surface area contributed by atoms with Crippen LogP contribution in [-0.4, -0.2) is 72.9 Å². The topological polar surface area (TPSA) is 74.5 Å². The van der Waals surface area contributed by atoms with E-state index in [9.17, 15) is 0 Å². The summed E-state index contributed by atoms with van der Waals surface area (Å²) in [5, 5.41) is 12.2. The van der Waals surface area contributed by atoms with Gasteiger partial charge in [0.1, 0.15) is 0 Å². The first kappa shape index (κ1) is 19.1. The highest BCUT2D eigenvalue weighted by atomic mass is 16.5. The van der Waals surface area contributed by atoms with Gasteiger partial charge in [-0.1, -0.05) is 5.10 Å². The lowest BCUT2D eigenvalue weighted by atomic mass is 9.81. The maximum Gasteiger partial charge on any atom is 0.245 e. The van der Waals surface area contributed by atoms with Gasteiger partial charge in [0.05, 0.1) is 25.4 Å². The molecule has 2 rings (SSSR count). The number of tetrazole rings is 1. The molecule has 2 heterocycles. The molecule has 1 saturated heterocycles. The minimum Gasteiger partial charge on any atom is -0.384 e. The highest BCUT2D eigenvalue weighted by Crippen LogP contribution is 2.33. The van der Waals surface area contributed by atoms with Gasteiger partial charge in [-0.3, -0.25) is 0 Å². The summed E-state index contributed by atoms with van der Waals surface area (Å²) in [7, 11) is 3.73. The lowest BCUT2D eigenvalue weighted by Crippen LogP contribution is -2.39. The smallest absolute Gasteiger partial charge is 0.245 e. The van der Waals surface area contributed by atoms with Crippen molar-refractivity contribution in [2.45, 2.75) is 45.8 Å². The summed E-state index contributed by atoms with van der Waals surface area (Å²) in [5.74, 6) is 0.759. The van der Waals surface area contributed by atoms with Crippen LogP contribution in [0.1, 0.15) is 33.6 Å². The number of ether oxygens (including phenoxy) is 3. The molecule has 1 fully saturated rings. The maximum atomic E-state index is 5.79. The molecule has 8 nitrogen and oxygen atoms in total. The van der Waals surface area contributed by atoms with Gasteiger partial charge in [-0.2, -0.15) is 0 Å². The van der Waals surface area contributed by atoms with Crippen LogP contribution in [0.25, 0.3) is 0 Å². The van der Waals surface area contributed by atoms with E-state index in [1.165, 1.54) is 0 Å². The molecule has 0 unspecified atom stereocenters. The highest BCUT2D eigenvalue weighted by molar-refractivity contribution is 5.26. The minimum atomic E-state index is -0.141. The molecule has 0 spiro atoms. The zero-order valence-electron chi connectivity index (χ0n) is 15.6. The number of hydrogen-bond donors (Lipinski definition) is 0. The first-order chi connectivity index (χ1) is 11.4. The van der Waals surface area contributed by atoms with Crippen molar-refractivity contribution in [3.8, 4) is 0 Å². The largest absolute Gasteiger partial charge is 0.384 e. The molecule has 24 heavy (non-hydrogen) atoms. The van der Waals surface area contributed by atoms with Gasteiger partial charge >= 0.3 is 0 Å². The lowest BCUT2D eigenvalue weighted by Gasteiger charge is -2.36. The van der Waals surface area contributed by atoms with Crippen LogP contribution >= 0.6 is 0 Å². The summed E-state index contributed by atoms with van der Waals surface area (Å²) in [5.41, 5.74) is -0.114. The van der Waals surface area contributed by atoms with Crippen molar-refractivity contribution >= 4 is 5.95 Å². The highest BCUT2D eigenvalue weighted by Gasteiger charge is 2.34. The molecule has 0 aliphatic carbocycles. The van der Waals surface area contributed by atoms with Crippen LogP contribution < -0.4 is 4.90 Å². The third kappa shape index (κ3) is 5.39. The van der Waals surface area contributed by atoms with Crippen molar-refractivity contribution in [2.75, 3.05) is 52.0 Å². The molecule has 0 atom stereocenters. The van der Waals surface area contributed by atoms with Crippen molar-refractivity contribution in [1.29, 1.82) is 0 Å². The summed E-state index contributed by atoms with van der Waals surface area (Å²) < 4.78 is 18.6. The van der Waals surface area contributed by atoms with Crippen molar-refractivity contribution in [1.82, 2.24) is 20.2 Å². The van der Waals surface area contributed by atoms with Gasteiger partial charge in [-0.25, -0.2) is 4.68 Å². The van der Waals surface area contributed by atoms with E-state index in [0.29, 0.717) is 13.2 Å². The quantitative estimate of drug-likeness (QED) is 0.707. The van der Waals surface area contributed by atoms with Crippen LogP contribution in [0.2, 0.25) is 0 Å². The molecular formula is C16H31N5O3. The zero-order valence-corrected chi connectivity index (χ0v) is 15.6. The van der Waals surface area contributed by atoms with Crippen LogP contribution in [0.5, 0.6) is 0 Å². The second-order valence-corrected chi connectivity index (χ2v) is 7.56. The first-order valence-electron chi connectivity index (χ1n) is 8.53. The fourth-order valence-corrected chi connectivity index (χ4v) is 2.94. The molecule has 0 amide bonds. The molecule has 1 aromatic rings. The van der Waals surface area contributed by atoms with E-state index in [1.54, 1.807) is 7.11 Å². The maximum absolute atomic E-state index is 5.79. The Bertz CT molecular complexity index is 489. The number of rotatable bonds is 8. The summed E-state index contributed by atoms with van der Waals surface area (Å²) >= 11 is 0. The average molecular weight is 341 g/mol. The standard InChI is InChI=1S/C16H31N5O3/c1-15(2,3)24-11-8-20(4)14-17-18-19-21(14)12-16(13-22-5)6-9-23-10-7-16/h6-13H2,1-5H3. The minimum absolute atomic E-state index is 0.0277. The van der Waals surface area contributed by atoms with Gasteiger partial charge < -0.3 is 19.1 Å². The Morgan fingerprint density at radius 2 is 2.00 bits per heavy atom. The van der Waals surface area contributed by atoms with E-state index >= 15 is 0 Å². The fraction of sp³-hybridized carbons (Fsp3) is 0.938. The van der Waals surface area contributed by atoms with Crippen LogP contribution in [0.3, 0.4) is 0 Å². The molecule has 0 radical (unpaired) electrons. The van der Waals surface area contributed by atoms with Crippen molar-refractivity contribution < 1.29 is 14.2 Å². The number of anilines is 1. The van der Waals surface area contributed by atoms with Gasteiger partial charge in [0.25, 0.3) is 0 Å². The van der Waals surface area contributed by atoms with E-state index in [-0.39, 0.29) is 11.0 Å². The van der Waals surface area contributed by atoms with Crippen LogP contribution in [0.15, 0.2) is 0 Å². The third-order valence-corrected chi connectivity index (χ3v) is 4.31. The Labute approximate surface area is 144 Å². The summed E-state index contributed by atoms with van der Waals surface area (Å²) in [6.45, 7) is 10.5. The Balaban J connectivity index is 2.00. The SMILES string of the molecule is COCC1(Cn2nnnc2N(C)CCOC(C)(C)C)CCOCC1. The number of hydrogen-bond acceptors (Lipinski definition) is 7. The summed E-state index contributed by atoms with van der Waals surface area (Å²) in [4.78, 5) is 2.03. The third-order valence-electron chi connectivity index (χ3n) is 4.31. The van der Waals surface area contributed by atoms with E-state index in [0.717, 1.165) is 45.1 Å². The second kappa shape index (κ2) is 8.22. The first-order valence-corrected chi connectivity index (χ1v) is 8.53. The van der Waals surface area contributed by atoms with Crippen molar-refractivity contribution in [2.24, 2.45) is 5.41 Å². The molecular weight excluding hydrogens is 310 g/mol. The number of aromatic nitrogens is 4.